The topological polar surface area (TPSA) is 12.0 Å². The molecule has 0 fully saturated rings. The van der Waals surface area contributed by atoms with E-state index in [1.165, 1.54) is 14.0 Å². The molecule has 1 aromatic heterocycles. The minimum Gasteiger partial charge on any atom is -0.305 e. The molecule has 90 valence electrons. The van der Waals surface area contributed by atoms with Gasteiger partial charge in [0.2, 0.25) is 0 Å². The van der Waals surface area contributed by atoms with E-state index in [0.717, 1.165) is 10.9 Å². The van der Waals surface area contributed by atoms with E-state index in [9.17, 15) is 0 Å². The van der Waals surface area contributed by atoms with E-state index in [2.05, 4.69) is 65.2 Å². The Morgan fingerprint density at radius 2 is 1.94 bits per heavy atom. The number of halogens is 2. The Balaban J connectivity index is 1.93. The summed E-state index contributed by atoms with van der Waals surface area (Å²) in [5, 5.41) is 3.50. The van der Waals surface area contributed by atoms with Gasteiger partial charge in [-0.3, -0.25) is 0 Å². The summed E-state index contributed by atoms with van der Waals surface area (Å²) in [6, 6.07) is 13.0. The number of thiophene rings is 1. The van der Waals surface area contributed by atoms with Gasteiger partial charge < -0.3 is 5.32 Å². The zero-order valence-corrected chi connectivity index (χ0v) is 13.1. The van der Waals surface area contributed by atoms with E-state index < -0.39 is 0 Å². The number of hydrogen-bond donors (Lipinski definition) is 1. The number of benzene rings is 1. The van der Waals surface area contributed by atoms with Crippen LogP contribution in [0.15, 0.2) is 36.4 Å². The van der Waals surface area contributed by atoms with Crippen molar-refractivity contribution in [2.24, 2.45) is 0 Å². The molecule has 1 heterocycles. The molecule has 0 aliphatic rings. The number of rotatable bonds is 4. The molecule has 0 saturated carbocycles. The van der Waals surface area contributed by atoms with Crippen molar-refractivity contribution in [1.29, 1.82) is 0 Å². The van der Waals surface area contributed by atoms with Crippen molar-refractivity contribution in [3.05, 3.63) is 54.7 Å². The molecule has 0 amide bonds. The van der Waals surface area contributed by atoms with Gasteiger partial charge in [-0.05, 0) is 59.3 Å². The van der Waals surface area contributed by atoms with Crippen LogP contribution in [0.1, 0.15) is 23.4 Å². The Kier molecular flexibility index (Phi) is 4.85. The maximum absolute atomic E-state index is 5.90. The molecule has 4 heteroatoms. The second-order valence-electron chi connectivity index (χ2n) is 3.86. The molecule has 0 saturated heterocycles. The predicted octanol–water partition coefficient (Wildman–Crippen LogP) is 4.86. The quantitative estimate of drug-likeness (QED) is 0.751. The van der Waals surface area contributed by atoms with Crippen LogP contribution in [0.25, 0.3) is 0 Å². The largest absolute Gasteiger partial charge is 0.305 e. The summed E-state index contributed by atoms with van der Waals surface area (Å²) in [4.78, 5) is 1.27. The lowest BCUT2D eigenvalue weighted by atomic mass is 10.1. The van der Waals surface area contributed by atoms with Crippen LogP contribution in [-0.2, 0) is 6.54 Å². The molecule has 0 aliphatic carbocycles. The first-order valence-electron chi connectivity index (χ1n) is 5.38. The second kappa shape index (κ2) is 6.18. The van der Waals surface area contributed by atoms with Gasteiger partial charge in [0.1, 0.15) is 0 Å². The Bertz CT molecular complexity index is 480. The third-order valence-corrected chi connectivity index (χ3v) is 4.53. The van der Waals surface area contributed by atoms with Gasteiger partial charge in [0.25, 0.3) is 0 Å². The van der Waals surface area contributed by atoms with Crippen LogP contribution >= 0.6 is 45.5 Å². The standard InChI is InChI=1S/C13H13ClINS/c1-9(10-2-4-11(15)5-3-10)16-8-12-6-7-13(14)17-12/h2-7,9,16H,8H2,1H3. The van der Waals surface area contributed by atoms with Gasteiger partial charge in [-0.15, -0.1) is 11.3 Å². The second-order valence-corrected chi connectivity index (χ2v) is 6.91. The summed E-state index contributed by atoms with van der Waals surface area (Å²) in [6.07, 6.45) is 0. The molecule has 1 nitrogen and oxygen atoms in total. The summed E-state index contributed by atoms with van der Waals surface area (Å²) >= 11 is 9.85. The first kappa shape index (κ1) is 13.3. The van der Waals surface area contributed by atoms with Crippen LogP contribution in [0.4, 0.5) is 0 Å². The smallest absolute Gasteiger partial charge is 0.0931 e. The molecule has 0 aliphatic heterocycles. The molecular formula is C13H13ClINS. The molecule has 0 bridgehead atoms. The van der Waals surface area contributed by atoms with E-state index in [1.807, 2.05) is 6.07 Å². The van der Waals surface area contributed by atoms with Crippen molar-refractivity contribution in [3.8, 4) is 0 Å². The molecular weight excluding hydrogens is 365 g/mol. The van der Waals surface area contributed by atoms with Crippen molar-refractivity contribution in [2.75, 3.05) is 0 Å². The predicted molar refractivity (Wildman–Crippen MR) is 83.7 cm³/mol. The fraction of sp³-hybridized carbons (Fsp3) is 0.231. The average Bonchev–Trinajstić information content (AvgIpc) is 2.73. The Morgan fingerprint density at radius 1 is 1.24 bits per heavy atom. The SMILES string of the molecule is CC(NCc1ccc(Cl)s1)c1ccc(I)cc1. The third-order valence-electron chi connectivity index (χ3n) is 2.58. The molecule has 1 atom stereocenters. The van der Waals surface area contributed by atoms with E-state index in [-0.39, 0.29) is 0 Å². The molecule has 17 heavy (non-hydrogen) atoms. The summed E-state index contributed by atoms with van der Waals surface area (Å²) in [6.45, 7) is 3.04. The van der Waals surface area contributed by atoms with E-state index >= 15 is 0 Å². The molecule has 0 radical (unpaired) electrons. The van der Waals surface area contributed by atoms with Crippen LogP contribution in [-0.4, -0.2) is 0 Å². The van der Waals surface area contributed by atoms with E-state index in [0.29, 0.717) is 6.04 Å². The van der Waals surface area contributed by atoms with Crippen molar-refractivity contribution in [2.45, 2.75) is 19.5 Å². The summed E-state index contributed by atoms with van der Waals surface area (Å²) in [7, 11) is 0. The lowest BCUT2D eigenvalue weighted by Gasteiger charge is -2.13. The van der Waals surface area contributed by atoms with Crippen LogP contribution in [0.3, 0.4) is 0 Å². The Hall–Kier alpha value is -0.100. The third kappa shape index (κ3) is 3.95. The van der Waals surface area contributed by atoms with Crippen molar-refractivity contribution >= 4 is 45.5 Å². The molecule has 1 aromatic carbocycles. The summed E-state index contributed by atoms with van der Waals surface area (Å²) < 4.78 is 2.12. The van der Waals surface area contributed by atoms with Gasteiger partial charge >= 0.3 is 0 Å². The number of hydrogen-bond acceptors (Lipinski definition) is 2. The molecule has 0 spiro atoms. The van der Waals surface area contributed by atoms with Gasteiger partial charge in [-0.25, -0.2) is 0 Å². The molecule has 2 aromatic rings. The van der Waals surface area contributed by atoms with Crippen molar-refractivity contribution < 1.29 is 0 Å². The number of nitrogens with one attached hydrogen (secondary N) is 1. The van der Waals surface area contributed by atoms with Gasteiger partial charge in [0.15, 0.2) is 0 Å². The minimum atomic E-state index is 0.355. The zero-order valence-electron chi connectivity index (χ0n) is 9.41. The monoisotopic (exact) mass is 377 g/mol. The van der Waals surface area contributed by atoms with Gasteiger partial charge in [0, 0.05) is 21.0 Å². The average molecular weight is 378 g/mol. The maximum Gasteiger partial charge on any atom is 0.0931 e. The molecule has 1 N–H and O–H groups in total. The van der Waals surface area contributed by atoms with Gasteiger partial charge in [0.05, 0.1) is 4.34 Å². The Labute approximate surface area is 124 Å². The fourth-order valence-electron chi connectivity index (χ4n) is 1.57. The normalized spacial score (nSPS) is 12.6. The lowest BCUT2D eigenvalue weighted by molar-refractivity contribution is 0.579. The van der Waals surface area contributed by atoms with Crippen molar-refractivity contribution in [3.63, 3.8) is 0 Å². The van der Waals surface area contributed by atoms with Crippen LogP contribution in [0, 0.1) is 3.57 Å². The van der Waals surface area contributed by atoms with Crippen LogP contribution in [0.2, 0.25) is 4.34 Å². The van der Waals surface area contributed by atoms with E-state index in [1.54, 1.807) is 11.3 Å². The summed E-state index contributed by atoms with van der Waals surface area (Å²) in [5.74, 6) is 0. The summed E-state index contributed by atoms with van der Waals surface area (Å²) in [5.41, 5.74) is 1.31. The first-order valence-corrected chi connectivity index (χ1v) is 7.65. The highest BCUT2D eigenvalue weighted by molar-refractivity contribution is 14.1. The zero-order chi connectivity index (χ0) is 12.3. The highest BCUT2D eigenvalue weighted by atomic mass is 127. The van der Waals surface area contributed by atoms with Crippen LogP contribution in [0.5, 0.6) is 0 Å². The highest BCUT2D eigenvalue weighted by Gasteiger charge is 2.05. The maximum atomic E-state index is 5.90. The minimum absolute atomic E-state index is 0.355. The fourth-order valence-corrected chi connectivity index (χ4v) is 2.97. The van der Waals surface area contributed by atoms with E-state index in [4.69, 9.17) is 11.6 Å². The van der Waals surface area contributed by atoms with Gasteiger partial charge in [-0.2, -0.15) is 0 Å². The first-order chi connectivity index (χ1) is 8.15. The molecule has 2 rings (SSSR count). The highest BCUT2D eigenvalue weighted by Crippen LogP contribution is 2.22. The molecule has 1 unspecified atom stereocenters. The Morgan fingerprint density at radius 3 is 2.53 bits per heavy atom. The lowest BCUT2D eigenvalue weighted by Crippen LogP contribution is -2.17. The van der Waals surface area contributed by atoms with Crippen LogP contribution < -0.4 is 5.32 Å². The van der Waals surface area contributed by atoms with Gasteiger partial charge in [-0.1, -0.05) is 23.7 Å². The van der Waals surface area contributed by atoms with Crippen molar-refractivity contribution in [1.82, 2.24) is 5.32 Å².